The van der Waals surface area contributed by atoms with Crippen molar-refractivity contribution < 1.29 is 0 Å². The molecule has 0 bridgehead atoms. The van der Waals surface area contributed by atoms with Gasteiger partial charge >= 0.3 is 0 Å². The van der Waals surface area contributed by atoms with Gasteiger partial charge in [0.1, 0.15) is 0 Å². The van der Waals surface area contributed by atoms with E-state index in [1.807, 2.05) is 0 Å². The molecule has 2 nitrogen and oxygen atoms in total. The summed E-state index contributed by atoms with van der Waals surface area (Å²) >= 11 is 0. The van der Waals surface area contributed by atoms with E-state index >= 15 is 0 Å². The van der Waals surface area contributed by atoms with Crippen molar-refractivity contribution in [1.29, 1.82) is 0 Å². The maximum atomic E-state index is 3.58. The quantitative estimate of drug-likeness (QED) is 0.753. The monoisotopic (exact) mass is 202 g/mol. The van der Waals surface area contributed by atoms with Crippen molar-refractivity contribution in [2.45, 2.75) is 32.2 Å². The predicted molar refractivity (Wildman–Crippen MR) is 64.7 cm³/mol. The Morgan fingerprint density at radius 3 is 2.87 bits per heavy atom. The second-order valence-corrected chi connectivity index (χ2v) is 4.84. The van der Waals surface area contributed by atoms with Crippen molar-refractivity contribution >= 4 is 11.4 Å². The zero-order valence-corrected chi connectivity index (χ0v) is 9.51. The molecular formula is C13H18N2. The lowest BCUT2D eigenvalue weighted by atomic mass is 10.1. The first-order valence-corrected chi connectivity index (χ1v) is 5.87. The molecule has 0 saturated heterocycles. The van der Waals surface area contributed by atoms with Crippen molar-refractivity contribution in [1.82, 2.24) is 0 Å². The Balaban J connectivity index is 2.06. The van der Waals surface area contributed by atoms with E-state index in [1.165, 1.54) is 29.8 Å². The Morgan fingerprint density at radius 1 is 1.40 bits per heavy atom. The molecule has 0 aromatic heterocycles. The van der Waals surface area contributed by atoms with Crippen LogP contribution in [0.3, 0.4) is 0 Å². The van der Waals surface area contributed by atoms with Gasteiger partial charge in [0.15, 0.2) is 0 Å². The highest BCUT2D eigenvalue weighted by Gasteiger charge is 2.49. The molecule has 2 heteroatoms. The standard InChI is InChI=1S/C13H18N2/c1-3-15-12-5-4-10(2)8-11(12)14-9-13(15)6-7-13/h4-5,8,14H,3,6-7,9H2,1-2H3. The Morgan fingerprint density at radius 2 is 2.20 bits per heavy atom. The molecule has 1 saturated carbocycles. The third-order valence-corrected chi connectivity index (χ3v) is 3.77. The van der Waals surface area contributed by atoms with Crippen LogP contribution < -0.4 is 10.2 Å². The Bertz CT molecular complexity index is 394. The van der Waals surface area contributed by atoms with Gasteiger partial charge < -0.3 is 10.2 Å². The summed E-state index contributed by atoms with van der Waals surface area (Å²) in [6.07, 6.45) is 2.70. The number of hydrogen-bond donors (Lipinski definition) is 1. The highest BCUT2D eigenvalue weighted by Crippen LogP contribution is 2.49. The van der Waals surface area contributed by atoms with E-state index in [0.29, 0.717) is 5.54 Å². The molecule has 3 rings (SSSR count). The molecule has 1 aliphatic heterocycles. The Labute approximate surface area is 91.3 Å². The van der Waals surface area contributed by atoms with Crippen molar-refractivity contribution in [2.75, 3.05) is 23.3 Å². The smallest absolute Gasteiger partial charge is 0.0607 e. The average molecular weight is 202 g/mol. The molecule has 0 unspecified atom stereocenters. The number of rotatable bonds is 1. The minimum absolute atomic E-state index is 0.455. The van der Waals surface area contributed by atoms with Gasteiger partial charge in [-0.3, -0.25) is 0 Å². The van der Waals surface area contributed by atoms with E-state index in [4.69, 9.17) is 0 Å². The second-order valence-electron chi connectivity index (χ2n) is 4.84. The fourth-order valence-electron chi connectivity index (χ4n) is 2.73. The van der Waals surface area contributed by atoms with Crippen molar-refractivity contribution in [3.63, 3.8) is 0 Å². The van der Waals surface area contributed by atoms with E-state index in [-0.39, 0.29) is 0 Å². The van der Waals surface area contributed by atoms with Gasteiger partial charge in [-0.15, -0.1) is 0 Å². The molecule has 1 aromatic carbocycles. The first kappa shape index (κ1) is 9.08. The molecule has 1 heterocycles. The SMILES string of the molecule is CCN1c2ccc(C)cc2NCC12CC2. The van der Waals surface area contributed by atoms with E-state index < -0.39 is 0 Å². The van der Waals surface area contributed by atoms with Crippen molar-refractivity contribution in [2.24, 2.45) is 0 Å². The normalized spacial score (nSPS) is 21.1. The van der Waals surface area contributed by atoms with Crippen molar-refractivity contribution in [3.8, 4) is 0 Å². The van der Waals surface area contributed by atoms with Gasteiger partial charge in [0.25, 0.3) is 0 Å². The number of benzene rings is 1. The molecule has 1 aromatic rings. The van der Waals surface area contributed by atoms with Crippen LogP contribution in [-0.4, -0.2) is 18.6 Å². The van der Waals surface area contributed by atoms with Gasteiger partial charge in [-0.25, -0.2) is 0 Å². The number of nitrogens with one attached hydrogen (secondary N) is 1. The Kier molecular flexibility index (Phi) is 1.76. The van der Waals surface area contributed by atoms with E-state index in [1.54, 1.807) is 0 Å². The molecule has 15 heavy (non-hydrogen) atoms. The summed E-state index contributed by atoms with van der Waals surface area (Å²) in [5, 5.41) is 3.58. The lowest BCUT2D eigenvalue weighted by Crippen LogP contribution is -2.46. The third-order valence-electron chi connectivity index (χ3n) is 3.77. The third kappa shape index (κ3) is 1.24. The summed E-state index contributed by atoms with van der Waals surface area (Å²) in [6.45, 7) is 6.66. The van der Waals surface area contributed by atoms with Crippen LogP contribution in [-0.2, 0) is 0 Å². The highest BCUT2D eigenvalue weighted by molar-refractivity contribution is 5.75. The first-order valence-electron chi connectivity index (χ1n) is 5.87. The predicted octanol–water partition coefficient (Wildman–Crippen LogP) is 2.78. The zero-order chi connectivity index (χ0) is 10.5. The number of hydrogen-bond acceptors (Lipinski definition) is 2. The van der Waals surface area contributed by atoms with Crippen LogP contribution in [0.1, 0.15) is 25.3 Å². The van der Waals surface area contributed by atoms with E-state index in [2.05, 4.69) is 42.3 Å². The average Bonchev–Trinajstić information content (AvgIpc) is 2.99. The minimum Gasteiger partial charge on any atom is -0.381 e. The molecule has 1 aliphatic carbocycles. The summed E-state index contributed by atoms with van der Waals surface area (Å²) in [5.74, 6) is 0. The molecule has 2 aliphatic rings. The van der Waals surface area contributed by atoms with Gasteiger partial charge in [0.05, 0.1) is 16.9 Å². The van der Waals surface area contributed by atoms with Crippen LogP contribution in [0, 0.1) is 6.92 Å². The van der Waals surface area contributed by atoms with Crippen molar-refractivity contribution in [3.05, 3.63) is 23.8 Å². The molecule has 1 N–H and O–H groups in total. The summed E-state index contributed by atoms with van der Waals surface area (Å²) in [6, 6.07) is 6.73. The minimum atomic E-state index is 0.455. The Hall–Kier alpha value is -1.18. The summed E-state index contributed by atoms with van der Waals surface area (Å²) in [5.41, 5.74) is 4.50. The fourth-order valence-corrected chi connectivity index (χ4v) is 2.73. The zero-order valence-electron chi connectivity index (χ0n) is 9.51. The summed E-state index contributed by atoms with van der Waals surface area (Å²) in [4.78, 5) is 2.58. The lowest BCUT2D eigenvalue weighted by Gasteiger charge is -2.39. The number of aryl methyl sites for hydroxylation is 1. The van der Waals surface area contributed by atoms with Crippen LogP contribution in [0.15, 0.2) is 18.2 Å². The largest absolute Gasteiger partial charge is 0.381 e. The number of anilines is 2. The summed E-state index contributed by atoms with van der Waals surface area (Å²) in [7, 11) is 0. The lowest BCUT2D eigenvalue weighted by molar-refractivity contribution is 0.605. The topological polar surface area (TPSA) is 15.3 Å². The van der Waals surface area contributed by atoms with Gasteiger partial charge in [0, 0.05) is 13.1 Å². The van der Waals surface area contributed by atoms with Crippen LogP contribution in [0.4, 0.5) is 11.4 Å². The molecular weight excluding hydrogens is 184 g/mol. The number of nitrogens with zero attached hydrogens (tertiary/aromatic N) is 1. The fraction of sp³-hybridized carbons (Fsp3) is 0.538. The van der Waals surface area contributed by atoms with Crippen LogP contribution in [0.2, 0.25) is 0 Å². The molecule has 0 amide bonds. The van der Waals surface area contributed by atoms with E-state index in [0.717, 1.165) is 13.1 Å². The molecule has 0 radical (unpaired) electrons. The molecule has 80 valence electrons. The summed E-state index contributed by atoms with van der Waals surface area (Å²) < 4.78 is 0. The van der Waals surface area contributed by atoms with E-state index in [9.17, 15) is 0 Å². The second kappa shape index (κ2) is 2.91. The molecule has 0 atom stereocenters. The number of likely N-dealkylation sites (N-methyl/N-ethyl adjacent to an activating group) is 1. The van der Waals surface area contributed by atoms with Crippen LogP contribution in [0.5, 0.6) is 0 Å². The highest BCUT2D eigenvalue weighted by atomic mass is 15.3. The first-order chi connectivity index (χ1) is 7.25. The van der Waals surface area contributed by atoms with Crippen LogP contribution in [0.25, 0.3) is 0 Å². The van der Waals surface area contributed by atoms with Gasteiger partial charge in [-0.1, -0.05) is 6.07 Å². The maximum absolute atomic E-state index is 3.58. The van der Waals surface area contributed by atoms with Gasteiger partial charge in [-0.2, -0.15) is 0 Å². The van der Waals surface area contributed by atoms with Gasteiger partial charge in [0.2, 0.25) is 0 Å². The maximum Gasteiger partial charge on any atom is 0.0607 e. The molecule has 1 fully saturated rings. The number of fused-ring (bicyclic) bond motifs is 1. The van der Waals surface area contributed by atoms with Crippen LogP contribution >= 0.6 is 0 Å². The van der Waals surface area contributed by atoms with Gasteiger partial charge in [-0.05, 0) is 44.4 Å². The molecule has 1 spiro atoms.